The average molecular weight is 376 g/mol. The molecule has 2 aromatic carbocycles. The highest BCUT2D eigenvalue weighted by Gasteiger charge is 2.28. The molecule has 0 N–H and O–H groups in total. The van der Waals surface area contributed by atoms with E-state index in [1.807, 2.05) is 64.3 Å². The molecule has 0 bridgehead atoms. The number of aromatic nitrogens is 3. The highest BCUT2D eigenvalue weighted by atomic mass is 16.7. The lowest BCUT2D eigenvalue weighted by molar-refractivity contribution is -0.129. The van der Waals surface area contributed by atoms with Gasteiger partial charge in [-0.2, -0.15) is 0 Å². The lowest BCUT2D eigenvalue weighted by Crippen LogP contribution is -2.30. The molecular formula is C21H20N4O3. The van der Waals surface area contributed by atoms with Crippen molar-refractivity contribution in [2.45, 2.75) is 18.9 Å². The maximum atomic E-state index is 12.7. The van der Waals surface area contributed by atoms with Gasteiger partial charge in [-0.25, -0.2) is 4.68 Å². The van der Waals surface area contributed by atoms with Crippen LogP contribution in [0.2, 0.25) is 0 Å². The summed E-state index contributed by atoms with van der Waals surface area (Å²) in [5.74, 6) is 1.56. The van der Waals surface area contributed by atoms with Gasteiger partial charge < -0.3 is 14.4 Å². The second-order valence-electron chi connectivity index (χ2n) is 7.10. The summed E-state index contributed by atoms with van der Waals surface area (Å²) in [7, 11) is 0. The van der Waals surface area contributed by atoms with E-state index in [1.54, 1.807) is 0 Å². The first-order chi connectivity index (χ1) is 13.8. The Morgan fingerprint density at radius 3 is 2.86 bits per heavy atom. The number of amides is 1. The molecule has 3 heterocycles. The smallest absolute Gasteiger partial charge is 0.231 e. The van der Waals surface area contributed by atoms with Gasteiger partial charge in [-0.3, -0.25) is 4.79 Å². The molecule has 142 valence electrons. The number of benzene rings is 2. The minimum absolute atomic E-state index is 0.116. The van der Waals surface area contributed by atoms with Crippen LogP contribution in [0.3, 0.4) is 0 Å². The number of carbonyl (C=O) groups is 1. The minimum atomic E-state index is 0.116. The molecule has 0 saturated carbocycles. The monoisotopic (exact) mass is 376 g/mol. The first-order valence-corrected chi connectivity index (χ1v) is 9.40. The largest absolute Gasteiger partial charge is 0.454 e. The summed E-state index contributed by atoms with van der Waals surface area (Å²) in [5.41, 5.74) is 2.83. The first kappa shape index (κ1) is 16.8. The minimum Gasteiger partial charge on any atom is -0.454 e. The van der Waals surface area contributed by atoms with Crippen molar-refractivity contribution in [3.63, 3.8) is 0 Å². The first-order valence-electron chi connectivity index (χ1n) is 9.40. The van der Waals surface area contributed by atoms with E-state index in [0.29, 0.717) is 18.7 Å². The lowest BCUT2D eigenvalue weighted by atomic mass is 10.1. The molecule has 3 aromatic rings. The summed E-state index contributed by atoms with van der Waals surface area (Å²) in [5, 5.41) is 8.58. The predicted molar refractivity (Wildman–Crippen MR) is 102 cm³/mol. The molecule has 2 aliphatic heterocycles. The molecule has 28 heavy (non-hydrogen) atoms. The Hall–Kier alpha value is -3.35. The number of ether oxygens (including phenoxy) is 2. The Morgan fingerprint density at radius 2 is 1.96 bits per heavy atom. The second-order valence-corrected chi connectivity index (χ2v) is 7.10. The maximum Gasteiger partial charge on any atom is 0.231 e. The van der Waals surface area contributed by atoms with Crippen LogP contribution in [0.1, 0.15) is 18.0 Å². The van der Waals surface area contributed by atoms with Crippen molar-refractivity contribution in [1.29, 1.82) is 0 Å². The van der Waals surface area contributed by atoms with E-state index in [1.165, 1.54) is 0 Å². The van der Waals surface area contributed by atoms with E-state index < -0.39 is 0 Å². The van der Waals surface area contributed by atoms with Crippen LogP contribution < -0.4 is 9.47 Å². The van der Waals surface area contributed by atoms with Gasteiger partial charge in [-0.15, -0.1) is 5.10 Å². The van der Waals surface area contributed by atoms with E-state index in [2.05, 4.69) is 10.3 Å². The van der Waals surface area contributed by atoms with E-state index >= 15 is 0 Å². The number of carbonyl (C=O) groups excluding carboxylic acids is 1. The summed E-state index contributed by atoms with van der Waals surface area (Å²) in [6.45, 7) is 1.62. The van der Waals surface area contributed by atoms with Crippen molar-refractivity contribution in [3.8, 4) is 22.8 Å². The molecule has 0 unspecified atom stereocenters. The van der Waals surface area contributed by atoms with E-state index in [4.69, 9.17) is 9.47 Å². The standard InChI is InChI=1S/C21H20N4O3/c26-21(11-15-6-7-19-20(10-15)28-14-27-19)24-9-8-17(12-24)25-13-18(22-23-25)16-4-2-1-3-5-16/h1-7,10,13,17H,8-9,11-12,14H2/t17-/m0/s1. The molecule has 1 saturated heterocycles. The Morgan fingerprint density at radius 1 is 1.11 bits per heavy atom. The highest BCUT2D eigenvalue weighted by Crippen LogP contribution is 2.33. The Labute approximate surface area is 162 Å². The second kappa shape index (κ2) is 6.99. The van der Waals surface area contributed by atoms with Crippen molar-refractivity contribution in [2.75, 3.05) is 19.9 Å². The molecular weight excluding hydrogens is 356 g/mol. The van der Waals surface area contributed by atoms with Crippen LogP contribution in [0.15, 0.2) is 54.7 Å². The van der Waals surface area contributed by atoms with Crippen LogP contribution in [0.5, 0.6) is 11.5 Å². The SMILES string of the molecule is O=C(Cc1ccc2c(c1)OCO2)N1CC[C@H](n2cc(-c3ccccc3)nn2)C1. The average Bonchev–Trinajstić information content (AvgIpc) is 3.47. The normalized spacial score (nSPS) is 17.9. The summed E-state index contributed by atoms with van der Waals surface area (Å²) < 4.78 is 12.6. The van der Waals surface area contributed by atoms with Crippen molar-refractivity contribution in [2.24, 2.45) is 0 Å². The van der Waals surface area contributed by atoms with Gasteiger partial charge in [0.05, 0.1) is 18.7 Å². The number of nitrogens with zero attached hydrogens (tertiary/aromatic N) is 4. The molecule has 7 heteroatoms. The van der Waals surface area contributed by atoms with Crippen LogP contribution >= 0.6 is 0 Å². The maximum absolute atomic E-state index is 12.7. The third-order valence-electron chi connectivity index (χ3n) is 5.26. The summed E-state index contributed by atoms with van der Waals surface area (Å²) in [6.07, 6.45) is 3.20. The van der Waals surface area contributed by atoms with Crippen molar-refractivity contribution < 1.29 is 14.3 Å². The fourth-order valence-electron chi connectivity index (χ4n) is 3.72. The quantitative estimate of drug-likeness (QED) is 0.700. The van der Waals surface area contributed by atoms with Gasteiger partial charge in [0.15, 0.2) is 11.5 Å². The zero-order valence-corrected chi connectivity index (χ0v) is 15.3. The molecule has 0 aliphatic carbocycles. The third kappa shape index (κ3) is 3.19. The van der Waals surface area contributed by atoms with Crippen molar-refractivity contribution in [3.05, 3.63) is 60.3 Å². The number of hydrogen-bond acceptors (Lipinski definition) is 5. The van der Waals surface area contributed by atoms with E-state index in [0.717, 1.165) is 35.5 Å². The van der Waals surface area contributed by atoms with Crippen LogP contribution in [-0.4, -0.2) is 45.7 Å². The van der Waals surface area contributed by atoms with Gasteiger partial charge in [0.25, 0.3) is 0 Å². The van der Waals surface area contributed by atoms with E-state index in [9.17, 15) is 4.79 Å². The van der Waals surface area contributed by atoms with Crippen LogP contribution in [0, 0.1) is 0 Å². The van der Waals surface area contributed by atoms with Gasteiger partial charge in [-0.05, 0) is 24.1 Å². The molecule has 2 aliphatic rings. The van der Waals surface area contributed by atoms with Crippen LogP contribution in [0.25, 0.3) is 11.3 Å². The number of likely N-dealkylation sites (tertiary alicyclic amines) is 1. The molecule has 1 atom stereocenters. The molecule has 0 radical (unpaired) electrons. The van der Waals surface area contributed by atoms with Gasteiger partial charge in [0, 0.05) is 18.7 Å². The van der Waals surface area contributed by atoms with Crippen LogP contribution in [-0.2, 0) is 11.2 Å². The number of hydrogen-bond donors (Lipinski definition) is 0. The Balaban J connectivity index is 1.23. The predicted octanol–water partition coefficient (Wildman–Crippen LogP) is 2.69. The molecule has 1 amide bonds. The van der Waals surface area contributed by atoms with Crippen LogP contribution in [0.4, 0.5) is 0 Å². The molecule has 0 spiro atoms. The van der Waals surface area contributed by atoms with E-state index in [-0.39, 0.29) is 18.7 Å². The summed E-state index contributed by atoms with van der Waals surface area (Å²) in [4.78, 5) is 14.6. The number of rotatable bonds is 4. The van der Waals surface area contributed by atoms with Gasteiger partial charge in [-0.1, -0.05) is 41.6 Å². The highest BCUT2D eigenvalue weighted by molar-refractivity contribution is 5.79. The molecule has 1 aromatic heterocycles. The summed E-state index contributed by atoms with van der Waals surface area (Å²) >= 11 is 0. The topological polar surface area (TPSA) is 69.5 Å². The molecule has 5 rings (SSSR count). The van der Waals surface area contributed by atoms with Gasteiger partial charge >= 0.3 is 0 Å². The Bertz CT molecular complexity index is 1000. The van der Waals surface area contributed by atoms with Crippen molar-refractivity contribution >= 4 is 5.91 Å². The number of fused-ring (bicyclic) bond motifs is 1. The fourth-order valence-corrected chi connectivity index (χ4v) is 3.72. The third-order valence-corrected chi connectivity index (χ3v) is 5.26. The summed E-state index contributed by atoms with van der Waals surface area (Å²) in [6, 6.07) is 15.8. The van der Waals surface area contributed by atoms with Gasteiger partial charge in [0.2, 0.25) is 12.7 Å². The fraction of sp³-hybridized carbons (Fsp3) is 0.286. The molecule has 1 fully saturated rings. The van der Waals surface area contributed by atoms with Gasteiger partial charge in [0.1, 0.15) is 5.69 Å². The zero-order valence-electron chi connectivity index (χ0n) is 15.3. The molecule has 7 nitrogen and oxygen atoms in total. The Kier molecular flexibility index (Phi) is 4.20. The zero-order chi connectivity index (χ0) is 18.9. The van der Waals surface area contributed by atoms with Crippen molar-refractivity contribution in [1.82, 2.24) is 19.9 Å². The lowest BCUT2D eigenvalue weighted by Gasteiger charge is -2.16.